The molecule has 0 radical (unpaired) electrons. The van der Waals surface area contributed by atoms with Crippen LogP contribution in [0, 0.1) is 0 Å². The van der Waals surface area contributed by atoms with Crippen molar-refractivity contribution in [3.05, 3.63) is 85.1 Å². The van der Waals surface area contributed by atoms with E-state index in [9.17, 15) is 19.5 Å². The Morgan fingerprint density at radius 1 is 0.443 bits per heavy atom. The van der Waals surface area contributed by atoms with Gasteiger partial charge in [-0.15, -0.1) is 0 Å². The minimum Gasteiger partial charge on any atom is -0.477 e. The van der Waals surface area contributed by atoms with Gasteiger partial charge in [-0.3, -0.25) is 9.59 Å². The number of unbranched alkanes of at least 4 members (excludes halogenated alkanes) is 22. The van der Waals surface area contributed by atoms with Crippen LogP contribution in [0.3, 0.4) is 0 Å². The van der Waals surface area contributed by atoms with E-state index >= 15 is 0 Å². The van der Waals surface area contributed by atoms with Gasteiger partial charge in [0.1, 0.15) is 13.2 Å². The first-order chi connectivity index (χ1) is 34.1. The second-order valence-corrected chi connectivity index (χ2v) is 19.9. The van der Waals surface area contributed by atoms with E-state index in [0.29, 0.717) is 23.9 Å². The standard InChI is InChI=1S/C61H105NO8/c1-6-8-10-12-14-16-18-20-22-23-24-25-26-27-28-29-30-31-32-33-34-35-36-37-38-40-42-44-46-48-50-52-59(64)70-57(56-69-61(60(65)66)67-54-53-62(3,4)5)55-68-58(63)51-49-47-45-43-41-39-21-19-17-15-13-11-9-7-2/h8,10,14,16,20,22,24-25,27-28,30-31,33-34,57,61H,6-7,9,11-13,15,17-19,21,23,26,29,32,35-56H2,1-5H3/p+1/b10-8-,16-14-,22-20-,25-24-,28-27-,31-30-,34-33-. The van der Waals surface area contributed by atoms with E-state index in [-0.39, 0.29) is 32.2 Å². The first-order valence-electron chi connectivity index (χ1n) is 28.3. The third-order valence-electron chi connectivity index (χ3n) is 11.9. The molecular weight excluding hydrogens is 875 g/mol. The number of nitrogens with zero attached hydrogens (tertiary/aromatic N) is 1. The summed E-state index contributed by atoms with van der Waals surface area (Å²) in [6.45, 7) is 4.76. The molecule has 0 saturated carbocycles. The number of hydrogen-bond donors (Lipinski definition) is 1. The number of carboxylic acid groups (broad SMARTS) is 1. The smallest absolute Gasteiger partial charge is 0.361 e. The van der Waals surface area contributed by atoms with Crippen LogP contribution < -0.4 is 0 Å². The van der Waals surface area contributed by atoms with Crippen molar-refractivity contribution < 1.29 is 42.9 Å². The van der Waals surface area contributed by atoms with Crippen LogP contribution in [0.4, 0.5) is 0 Å². The van der Waals surface area contributed by atoms with Crippen molar-refractivity contribution in [2.75, 3.05) is 47.5 Å². The van der Waals surface area contributed by atoms with Crippen molar-refractivity contribution in [1.82, 2.24) is 0 Å². The molecule has 0 heterocycles. The second kappa shape index (κ2) is 51.8. The highest BCUT2D eigenvalue weighted by Gasteiger charge is 2.25. The number of carbonyl (C=O) groups is 3. The summed E-state index contributed by atoms with van der Waals surface area (Å²) in [5.41, 5.74) is 0. The van der Waals surface area contributed by atoms with Crippen molar-refractivity contribution in [3.8, 4) is 0 Å². The van der Waals surface area contributed by atoms with Crippen LogP contribution in [-0.2, 0) is 33.3 Å². The highest BCUT2D eigenvalue weighted by Crippen LogP contribution is 2.15. The predicted octanol–water partition coefficient (Wildman–Crippen LogP) is 16.4. The molecule has 9 heteroatoms. The van der Waals surface area contributed by atoms with E-state index in [1.807, 2.05) is 21.1 Å². The predicted molar refractivity (Wildman–Crippen MR) is 295 cm³/mol. The quantitative estimate of drug-likeness (QED) is 0.0211. The van der Waals surface area contributed by atoms with Gasteiger partial charge in [-0.2, -0.15) is 0 Å². The maximum absolute atomic E-state index is 12.9. The van der Waals surface area contributed by atoms with Crippen molar-refractivity contribution in [1.29, 1.82) is 0 Å². The minimum absolute atomic E-state index is 0.184. The largest absolute Gasteiger partial charge is 0.477 e. The normalized spacial score (nSPS) is 13.4. The average molecular weight is 982 g/mol. The second-order valence-electron chi connectivity index (χ2n) is 19.9. The molecule has 9 nitrogen and oxygen atoms in total. The first kappa shape index (κ1) is 66.5. The van der Waals surface area contributed by atoms with Crippen LogP contribution in [0.5, 0.6) is 0 Å². The van der Waals surface area contributed by atoms with E-state index in [0.717, 1.165) is 89.9 Å². The number of hydrogen-bond acceptors (Lipinski definition) is 7. The molecule has 2 atom stereocenters. The van der Waals surface area contributed by atoms with Crippen LogP contribution in [0.2, 0.25) is 0 Å². The van der Waals surface area contributed by atoms with Crippen LogP contribution in [0.1, 0.15) is 226 Å². The Kier molecular flexibility index (Phi) is 49.2. The maximum Gasteiger partial charge on any atom is 0.361 e. The minimum atomic E-state index is -1.51. The molecule has 0 spiro atoms. The topological polar surface area (TPSA) is 108 Å². The molecule has 402 valence electrons. The van der Waals surface area contributed by atoms with Gasteiger partial charge in [0.25, 0.3) is 6.29 Å². The molecule has 0 aromatic rings. The lowest BCUT2D eigenvalue weighted by atomic mass is 10.0. The van der Waals surface area contributed by atoms with E-state index in [1.165, 1.54) is 103 Å². The van der Waals surface area contributed by atoms with Gasteiger partial charge in [0.15, 0.2) is 6.10 Å². The van der Waals surface area contributed by atoms with Gasteiger partial charge in [0, 0.05) is 12.8 Å². The lowest BCUT2D eigenvalue weighted by Gasteiger charge is -2.25. The Morgan fingerprint density at radius 2 is 0.814 bits per heavy atom. The summed E-state index contributed by atoms with van der Waals surface area (Å²) in [5, 5.41) is 9.68. The summed E-state index contributed by atoms with van der Waals surface area (Å²) < 4.78 is 22.8. The fourth-order valence-electron chi connectivity index (χ4n) is 7.58. The Morgan fingerprint density at radius 3 is 1.21 bits per heavy atom. The molecule has 0 aromatic carbocycles. The molecule has 0 amide bonds. The number of carbonyl (C=O) groups excluding carboxylic acids is 2. The van der Waals surface area contributed by atoms with Gasteiger partial charge in [-0.05, 0) is 70.6 Å². The molecular formula is C61H106NO8+. The zero-order chi connectivity index (χ0) is 51.3. The van der Waals surface area contributed by atoms with Crippen LogP contribution in [-0.4, -0.2) is 87.4 Å². The molecule has 1 N–H and O–H groups in total. The van der Waals surface area contributed by atoms with Crippen molar-refractivity contribution >= 4 is 17.9 Å². The maximum atomic E-state index is 12.9. The number of rotatable bonds is 51. The van der Waals surface area contributed by atoms with Gasteiger partial charge < -0.3 is 28.5 Å². The molecule has 0 aliphatic rings. The van der Waals surface area contributed by atoms with Crippen molar-refractivity contribution in [2.24, 2.45) is 0 Å². The summed E-state index contributed by atoms with van der Waals surface area (Å²) in [7, 11) is 5.96. The van der Waals surface area contributed by atoms with Crippen molar-refractivity contribution in [2.45, 2.75) is 238 Å². The first-order valence-corrected chi connectivity index (χ1v) is 28.3. The lowest BCUT2D eigenvalue weighted by Crippen LogP contribution is -2.40. The summed E-state index contributed by atoms with van der Waals surface area (Å²) in [6, 6.07) is 0. The van der Waals surface area contributed by atoms with Crippen LogP contribution in [0.25, 0.3) is 0 Å². The molecule has 0 bridgehead atoms. The molecule has 0 aliphatic heterocycles. The summed E-state index contributed by atoms with van der Waals surface area (Å²) >= 11 is 0. The summed E-state index contributed by atoms with van der Waals surface area (Å²) in [4.78, 5) is 37.3. The molecule has 0 fully saturated rings. The number of allylic oxidation sites excluding steroid dienone is 14. The Labute approximate surface area is 430 Å². The fourth-order valence-corrected chi connectivity index (χ4v) is 7.58. The van der Waals surface area contributed by atoms with E-state index < -0.39 is 24.3 Å². The van der Waals surface area contributed by atoms with Gasteiger partial charge >= 0.3 is 17.9 Å². The number of aliphatic carboxylic acids is 1. The molecule has 70 heavy (non-hydrogen) atoms. The number of quaternary nitrogens is 1. The molecule has 0 rings (SSSR count). The van der Waals surface area contributed by atoms with Crippen LogP contribution >= 0.6 is 0 Å². The van der Waals surface area contributed by atoms with E-state index in [4.69, 9.17) is 18.9 Å². The molecule has 0 saturated heterocycles. The Hall–Kier alpha value is -3.53. The van der Waals surface area contributed by atoms with Crippen LogP contribution in [0.15, 0.2) is 85.1 Å². The van der Waals surface area contributed by atoms with E-state index in [1.54, 1.807) is 0 Å². The SMILES string of the molecule is CC/C=C\C/C=C\C/C=C\C/C=C\C/C=C\C/C=C\C/C=C\CCCCCCCCCCCC(=O)OC(COC(=O)CCCCCCCCCCCCCCCC)COC(OCC[N+](C)(C)C)C(=O)O. The lowest BCUT2D eigenvalue weighted by molar-refractivity contribution is -0.870. The fraction of sp³-hybridized carbons (Fsp3) is 0.721. The molecule has 2 unspecified atom stereocenters. The Bertz CT molecular complexity index is 1420. The van der Waals surface area contributed by atoms with Gasteiger partial charge in [0.05, 0.1) is 34.4 Å². The Balaban J connectivity index is 4.24. The average Bonchev–Trinajstić information content (AvgIpc) is 3.33. The zero-order valence-corrected chi connectivity index (χ0v) is 45.7. The number of likely N-dealkylation sites (N-methyl/N-ethyl adjacent to an activating group) is 1. The van der Waals surface area contributed by atoms with Gasteiger partial charge in [-0.1, -0.05) is 227 Å². The highest BCUT2D eigenvalue weighted by molar-refractivity contribution is 5.71. The molecule has 0 aliphatic carbocycles. The summed E-state index contributed by atoms with van der Waals surface area (Å²) in [6.07, 6.45) is 65.1. The number of ether oxygens (including phenoxy) is 4. The van der Waals surface area contributed by atoms with E-state index in [2.05, 4.69) is 98.9 Å². The zero-order valence-electron chi connectivity index (χ0n) is 45.7. The van der Waals surface area contributed by atoms with Gasteiger partial charge in [0.2, 0.25) is 0 Å². The molecule has 0 aromatic heterocycles. The number of esters is 2. The van der Waals surface area contributed by atoms with Crippen molar-refractivity contribution in [3.63, 3.8) is 0 Å². The van der Waals surface area contributed by atoms with Gasteiger partial charge in [-0.25, -0.2) is 4.79 Å². The third kappa shape index (κ3) is 52.3. The third-order valence-corrected chi connectivity index (χ3v) is 11.9. The monoisotopic (exact) mass is 981 g/mol. The number of carboxylic acids is 1. The summed E-state index contributed by atoms with van der Waals surface area (Å²) in [5.74, 6) is -2.01. The highest BCUT2D eigenvalue weighted by atomic mass is 16.7.